The maximum atomic E-state index is 3.26. The zero-order valence-corrected chi connectivity index (χ0v) is 6.78. The molecule has 1 N–H and O–H groups in total. The molecule has 1 aliphatic heterocycles. The summed E-state index contributed by atoms with van der Waals surface area (Å²) >= 11 is 0. The Hall–Kier alpha value is -0.720. The zero-order chi connectivity index (χ0) is 7.40. The summed E-state index contributed by atoms with van der Waals surface area (Å²) in [6.45, 7) is 5.43. The molecule has 0 aliphatic carbocycles. The smallest absolute Gasteiger partial charge is 0.0357 e. The van der Waals surface area contributed by atoms with Gasteiger partial charge < -0.3 is 5.32 Å². The molecular formula is C9H15N. The van der Waals surface area contributed by atoms with Crippen LogP contribution in [0.2, 0.25) is 0 Å². The molecule has 0 saturated carbocycles. The first-order chi connectivity index (χ1) is 4.86. The molecule has 0 fully saturated rings. The molecule has 0 spiro atoms. The number of rotatable bonds is 2. The van der Waals surface area contributed by atoms with Gasteiger partial charge in [-0.15, -0.1) is 0 Å². The van der Waals surface area contributed by atoms with Gasteiger partial charge in [-0.1, -0.05) is 25.5 Å². The summed E-state index contributed by atoms with van der Waals surface area (Å²) in [6, 6.07) is 0. The second kappa shape index (κ2) is 3.45. The van der Waals surface area contributed by atoms with Gasteiger partial charge in [0.2, 0.25) is 0 Å². The Morgan fingerprint density at radius 1 is 1.40 bits per heavy atom. The number of nitrogens with one attached hydrogen (secondary N) is 1. The molecule has 0 aromatic carbocycles. The van der Waals surface area contributed by atoms with Gasteiger partial charge in [0.1, 0.15) is 0 Å². The third-order valence-electron chi connectivity index (χ3n) is 1.87. The molecule has 0 bridgehead atoms. The Balaban J connectivity index is 2.61. The van der Waals surface area contributed by atoms with Crippen molar-refractivity contribution in [1.82, 2.24) is 5.32 Å². The van der Waals surface area contributed by atoms with E-state index >= 15 is 0 Å². The lowest BCUT2D eigenvalue weighted by Crippen LogP contribution is -2.14. The average molecular weight is 137 g/mol. The van der Waals surface area contributed by atoms with Gasteiger partial charge in [0.25, 0.3) is 0 Å². The monoisotopic (exact) mass is 137 g/mol. The van der Waals surface area contributed by atoms with Crippen LogP contribution in [0, 0.1) is 0 Å². The Morgan fingerprint density at radius 2 is 2.20 bits per heavy atom. The fourth-order valence-corrected chi connectivity index (χ4v) is 1.10. The van der Waals surface area contributed by atoms with Crippen molar-refractivity contribution in [2.24, 2.45) is 0 Å². The van der Waals surface area contributed by atoms with Crippen LogP contribution in [-0.2, 0) is 0 Å². The zero-order valence-electron chi connectivity index (χ0n) is 6.78. The summed E-state index contributed by atoms with van der Waals surface area (Å²) in [6.07, 6.45) is 6.72. The average Bonchev–Trinajstić information content (AvgIpc) is 2.05. The molecule has 0 aromatic rings. The predicted molar refractivity (Wildman–Crippen MR) is 44.8 cm³/mol. The van der Waals surface area contributed by atoms with Crippen molar-refractivity contribution < 1.29 is 0 Å². The number of allylic oxidation sites excluding steroid dienone is 2. The van der Waals surface area contributed by atoms with Crippen molar-refractivity contribution >= 4 is 0 Å². The lowest BCUT2D eigenvalue weighted by molar-refractivity contribution is 0.848. The SMILES string of the molecule is CCC1=CNCC(CC)=C1. The van der Waals surface area contributed by atoms with E-state index in [0.29, 0.717) is 0 Å². The van der Waals surface area contributed by atoms with Crippen LogP contribution in [-0.4, -0.2) is 6.54 Å². The van der Waals surface area contributed by atoms with Gasteiger partial charge in [-0.25, -0.2) is 0 Å². The number of dihydropyridines is 1. The van der Waals surface area contributed by atoms with Gasteiger partial charge in [0, 0.05) is 6.54 Å². The van der Waals surface area contributed by atoms with Crippen LogP contribution >= 0.6 is 0 Å². The fourth-order valence-electron chi connectivity index (χ4n) is 1.10. The van der Waals surface area contributed by atoms with Crippen molar-refractivity contribution in [3.8, 4) is 0 Å². The molecule has 0 radical (unpaired) electrons. The van der Waals surface area contributed by atoms with Crippen LogP contribution in [0.3, 0.4) is 0 Å². The molecule has 1 aliphatic rings. The fraction of sp³-hybridized carbons (Fsp3) is 0.556. The Bertz CT molecular complexity index is 166. The minimum Gasteiger partial charge on any atom is -0.387 e. The lowest BCUT2D eigenvalue weighted by atomic mass is 10.1. The third kappa shape index (κ3) is 1.63. The van der Waals surface area contributed by atoms with Gasteiger partial charge in [-0.05, 0) is 24.6 Å². The highest BCUT2D eigenvalue weighted by atomic mass is 14.8. The molecule has 0 amide bonds. The van der Waals surface area contributed by atoms with Crippen LogP contribution in [0.4, 0.5) is 0 Å². The van der Waals surface area contributed by atoms with E-state index in [9.17, 15) is 0 Å². The van der Waals surface area contributed by atoms with Crippen LogP contribution in [0.5, 0.6) is 0 Å². The van der Waals surface area contributed by atoms with Gasteiger partial charge in [0.05, 0.1) is 0 Å². The summed E-state index contributed by atoms with van der Waals surface area (Å²) < 4.78 is 0. The molecule has 0 aromatic heterocycles. The number of hydrogen-bond acceptors (Lipinski definition) is 1. The van der Waals surface area contributed by atoms with Crippen LogP contribution in [0.1, 0.15) is 26.7 Å². The normalized spacial score (nSPS) is 17.4. The first kappa shape index (κ1) is 7.39. The summed E-state index contributed by atoms with van der Waals surface area (Å²) in [4.78, 5) is 0. The molecule has 0 unspecified atom stereocenters. The highest BCUT2D eigenvalue weighted by molar-refractivity contribution is 5.27. The highest BCUT2D eigenvalue weighted by Gasteiger charge is 1.99. The van der Waals surface area contributed by atoms with E-state index in [2.05, 4.69) is 31.4 Å². The third-order valence-corrected chi connectivity index (χ3v) is 1.87. The van der Waals surface area contributed by atoms with Gasteiger partial charge in [-0.3, -0.25) is 0 Å². The molecule has 10 heavy (non-hydrogen) atoms. The van der Waals surface area contributed by atoms with E-state index in [-0.39, 0.29) is 0 Å². The summed E-state index contributed by atoms with van der Waals surface area (Å²) in [5.74, 6) is 0. The van der Waals surface area contributed by atoms with E-state index in [1.807, 2.05) is 0 Å². The minimum absolute atomic E-state index is 1.04. The minimum atomic E-state index is 1.04. The van der Waals surface area contributed by atoms with Crippen molar-refractivity contribution in [3.05, 3.63) is 23.4 Å². The maximum Gasteiger partial charge on any atom is 0.0357 e. The predicted octanol–water partition coefficient (Wildman–Crippen LogP) is 2.22. The van der Waals surface area contributed by atoms with E-state index in [0.717, 1.165) is 13.0 Å². The lowest BCUT2D eigenvalue weighted by Gasteiger charge is -2.12. The van der Waals surface area contributed by atoms with E-state index < -0.39 is 0 Å². The Labute approximate surface area is 62.8 Å². The first-order valence-electron chi connectivity index (χ1n) is 3.98. The quantitative estimate of drug-likeness (QED) is 0.615. The number of hydrogen-bond donors (Lipinski definition) is 1. The Morgan fingerprint density at radius 3 is 2.80 bits per heavy atom. The van der Waals surface area contributed by atoms with Crippen molar-refractivity contribution in [1.29, 1.82) is 0 Å². The molecule has 1 heteroatoms. The topological polar surface area (TPSA) is 12.0 Å². The first-order valence-corrected chi connectivity index (χ1v) is 3.98. The molecule has 1 rings (SSSR count). The van der Waals surface area contributed by atoms with E-state index in [1.54, 1.807) is 0 Å². The molecular weight excluding hydrogens is 122 g/mol. The molecule has 0 saturated heterocycles. The van der Waals surface area contributed by atoms with Gasteiger partial charge in [-0.2, -0.15) is 0 Å². The van der Waals surface area contributed by atoms with Crippen molar-refractivity contribution in [3.63, 3.8) is 0 Å². The molecule has 1 heterocycles. The summed E-state index contributed by atoms with van der Waals surface area (Å²) in [5, 5.41) is 3.26. The highest BCUT2D eigenvalue weighted by Crippen LogP contribution is 2.11. The summed E-state index contributed by atoms with van der Waals surface area (Å²) in [5.41, 5.74) is 2.93. The van der Waals surface area contributed by atoms with Crippen molar-refractivity contribution in [2.75, 3.05) is 6.54 Å². The van der Waals surface area contributed by atoms with E-state index in [1.165, 1.54) is 17.6 Å². The largest absolute Gasteiger partial charge is 0.387 e. The molecule has 0 atom stereocenters. The molecule has 1 nitrogen and oxygen atoms in total. The second-order valence-electron chi connectivity index (χ2n) is 2.61. The standard InChI is InChI=1S/C9H15N/c1-3-8-5-9(4-2)7-10-6-8/h5-6,10H,3-4,7H2,1-2H3. The van der Waals surface area contributed by atoms with Crippen LogP contribution in [0.15, 0.2) is 23.4 Å². The molecule has 56 valence electrons. The van der Waals surface area contributed by atoms with E-state index in [4.69, 9.17) is 0 Å². The van der Waals surface area contributed by atoms with Gasteiger partial charge >= 0.3 is 0 Å². The second-order valence-corrected chi connectivity index (χ2v) is 2.61. The summed E-state index contributed by atoms with van der Waals surface area (Å²) in [7, 11) is 0. The maximum absolute atomic E-state index is 3.26. The van der Waals surface area contributed by atoms with Crippen LogP contribution < -0.4 is 5.32 Å². The van der Waals surface area contributed by atoms with Crippen molar-refractivity contribution in [2.45, 2.75) is 26.7 Å². The van der Waals surface area contributed by atoms with Gasteiger partial charge in [0.15, 0.2) is 0 Å². The van der Waals surface area contributed by atoms with Crippen LogP contribution in [0.25, 0.3) is 0 Å². The Kier molecular flexibility index (Phi) is 2.55.